The van der Waals surface area contributed by atoms with E-state index in [4.69, 9.17) is 5.11 Å². The Morgan fingerprint density at radius 3 is 2.95 bits per heavy atom. The van der Waals surface area contributed by atoms with Crippen LogP contribution in [0.5, 0.6) is 0 Å². The molecule has 0 aliphatic heterocycles. The predicted octanol–water partition coefficient (Wildman–Crippen LogP) is 2.24. The van der Waals surface area contributed by atoms with Crippen molar-refractivity contribution < 1.29 is 5.11 Å². The molecule has 0 saturated heterocycles. The molecular formula is C14H22BrN3O2. The molecule has 1 atom stereocenters. The molecule has 0 amide bonds. The highest BCUT2D eigenvalue weighted by Crippen LogP contribution is 2.27. The van der Waals surface area contributed by atoms with Crippen LogP contribution in [0.25, 0.3) is 0 Å². The Morgan fingerprint density at radius 2 is 2.35 bits per heavy atom. The SMILES string of the molecule is CC(CCO)CNc1c(Br)cnn(CC2CCC2)c1=O. The van der Waals surface area contributed by atoms with Crippen molar-refractivity contribution in [3.63, 3.8) is 0 Å². The van der Waals surface area contributed by atoms with Crippen LogP contribution in [0.1, 0.15) is 32.6 Å². The normalized spacial score (nSPS) is 16.8. The molecule has 1 fully saturated rings. The van der Waals surface area contributed by atoms with Crippen molar-refractivity contribution >= 4 is 21.6 Å². The first-order chi connectivity index (χ1) is 9.61. The van der Waals surface area contributed by atoms with Crippen molar-refractivity contribution in [3.8, 4) is 0 Å². The predicted molar refractivity (Wildman–Crippen MR) is 82.9 cm³/mol. The second-order valence-electron chi connectivity index (χ2n) is 5.65. The quantitative estimate of drug-likeness (QED) is 0.796. The van der Waals surface area contributed by atoms with Gasteiger partial charge in [-0.15, -0.1) is 0 Å². The van der Waals surface area contributed by atoms with E-state index < -0.39 is 0 Å². The second-order valence-corrected chi connectivity index (χ2v) is 6.50. The minimum absolute atomic E-state index is 0.0672. The summed E-state index contributed by atoms with van der Waals surface area (Å²) in [5.74, 6) is 0.919. The third-order valence-electron chi connectivity index (χ3n) is 3.90. The molecule has 1 aromatic rings. The lowest BCUT2D eigenvalue weighted by Gasteiger charge is -2.25. The number of nitrogens with zero attached hydrogens (tertiary/aromatic N) is 2. The van der Waals surface area contributed by atoms with Crippen molar-refractivity contribution in [1.82, 2.24) is 9.78 Å². The van der Waals surface area contributed by atoms with E-state index in [1.54, 1.807) is 10.9 Å². The van der Waals surface area contributed by atoms with E-state index >= 15 is 0 Å². The van der Waals surface area contributed by atoms with Crippen molar-refractivity contribution in [1.29, 1.82) is 0 Å². The second kappa shape index (κ2) is 7.22. The van der Waals surface area contributed by atoms with Crippen molar-refractivity contribution in [2.24, 2.45) is 11.8 Å². The summed E-state index contributed by atoms with van der Waals surface area (Å²) >= 11 is 3.38. The van der Waals surface area contributed by atoms with Gasteiger partial charge in [-0.1, -0.05) is 13.3 Å². The summed E-state index contributed by atoms with van der Waals surface area (Å²) in [4.78, 5) is 12.4. The molecule has 1 unspecified atom stereocenters. The monoisotopic (exact) mass is 343 g/mol. The smallest absolute Gasteiger partial charge is 0.291 e. The first-order valence-corrected chi connectivity index (χ1v) is 8.01. The third kappa shape index (κ3) is 3.82. The fourth-order valence-corrected chi connectivity index (χ4v) is 2.68. The molecule has 2 N–H and O–H groups in total. The highest BCUT2D eigenvalue weighted by molar-refractivity contribution is 9.10. The first kappa shape index (κ1) is 15.5. The van der Waals surface area contributed by atoms with Crippen LogP contribution in [0.3, 0.4) is 0 Å². The Morgan fingerprint density at radius 1 is 1.60 bits per heavy atom. The Hall–Kier alpha value is -0.880. The van der Waals surface area contributed by atoms with Crippen LogP contribution < -0.4 is 10.9 Å². The number of halogens is 1. The Kier molecular flexibility index (Phi) is 5.60. The highest BCUT2D eigenvalue weighted by atomic mass is 79.9. The van der Waals surface area contributed by atoms with Gasteiger partial charge < -0.3 is 10.4 Å². The number of anilines is 1. The molecule has 112 valence electrons. The topological polar surface area (TPSA) is 67.2 Å². The van der Waals surface area contributed by atoms with Crippen molar-refractivity contribution in [2.75, 3.05) is 18.5 Å². The van der Waals surface area contributed by atoms with E-state index in [0.717, 1.165) is 6.42 Å². The van der Waals surface area contributed by atoms with Gasteiger partial charge in [0.1, 0.15) is 5.69 Å². The van der Waals surface area contributed by atoms with Gasteiger partial charge in [0.15, 0.2) is 0 Å². The molecule has 1 aromatic heterocycles. The molecule has 5 nitrogen and oxygen atoms in total. The summed E-state index contributed by atoms with van der Waals surface area (Å²) in [6, 6.07) is 0. The zero-order chi connectivity index (χ0) is 14.5. The largest absolute Gasteiger partial charge is 0.396 e. The van der Waals surface area contributed by atoms with Gasteiger partial charge in [-0.25, -0.2) is 4.68 Å². The highest BCUT2D eigenvalue weighted by Gasteiger charge is 2.20. The van der Waals surface area contributed by atoms with Gasteiger partial charge in [0.25, 0.3) is 5.56 Å². The van der Waals surface area contributed by atoms with Crippen LogP contribution in [-0.4, -0.2) is 28.0 Å². The number of hydrogen-bond acceptors (Lipinski definition) is 4. The lowest BCUT2D eigenvalue weighted by molar-refractivity contribution is 0.261. The van der Waals surface area contributed by atoms with E-state index in [9.17, 15) is 4.79 Å². The molecule has 6 heteroatoms. The fourth-order valence-electron chi connectivity index (χ4n) is 2.28. The Balaban J connectivity index is 2.06. The van der Waals surface area contributed by atoms with E-state index in [0.29, 0.717) is 35.1 Å². The van der Waals surface area contributed by atoms with Crippen LogP contribution >= 0.6 is 15.9 Å². The van der Waals surface area contributed by atoms with E-state index in [-0.39, 0.29) is 12.2 Å². The summed E-state index contributed by atoms with van der Waals surface area (Å²) < 4.78 is 2.26. The fraction of sp³-hybridized carbons (Fsp3) is 0.714. The Labute approximate surface area is 127 Å². The van der Waals surface area contributed by atoms with Gasteiger partial charge in [0.05, 0.1) is 10.7 Å². The van der Waals surface area contributed by atoms with Crippen LogP contribution in [0.15, 0.2) is 15.5 Å². The summed E-state index contributed by atoms with van der Waals surface area (Å²) in [5.41, 5.74) is 0.506. The lowest BCUT2D eigenvalue weighted by Crippen LogP contribution is -2.31. The van der Waals surface area contributed by atoms with Crippen LogP contribution in [-0.2, 0) is 6.54 Å². The average molecular weight is 344 g/mol. The van der Waals surface area contributed by atoms with Gasteiger partial charge >= 0.3 is 0 Å². The molecule has 0 aromatic carbocycles. The van der Waals surface area contributed by atoms with Crippen molar-refractivity contribution in [2.45, 2.75) is 39.2 Å². The molecule has 1 aliphatic carbocycles. The zero-order valence-electron chi connectivity index (χ0n) is 11.8. The van der Waals surface area contributed by atoms with Gasteiger partial charge in [-0.3, -0.25) is 4.79 Å². The van der Waals surface area contributed by atoms with E-state index in [1.165, 1.54) is 19.3 Å². The number of aliphatic hydroxyl groups is 1. The van der Waals surface area contributed by atoms with Crippen LogP contribution in [0.4, 0.5) is 5.69 Å². The molecule has 0 radical (unpaired) electrons. The van der Waals surface area contributed by atoms with Crippen LogP contribution in [0.2, 0.25) is 0 Å². The lowest BCUT2D eigenvalue weighted by atomic mass is 9.85. The number of rotatable bonds is 7. The maximum atomic E-state index is 12.4. The van der Waals surface area contributed by atoms with Gasteiger partial charge in [-0.2, -0.15) is 5.10 Å². The first-order valence-electron chi connectivity index (χ1n) is 7.22. The molecule has 1 aliphatic rings. The molecule has 0 spiro atoms. The maximum Gasteiger partial charge on any atom is 0.291 e. The summed E-state index contributed by atoms with van der Waals surface area (Å²) in [6.45, 7) is 3.60. The molecule has 2 rings (SSSR count). The Bertz CT molecular complexity index is 500. The third-order valence-corrected chi connectivity index (χ3v) is 4.50. The van der Waals surface area contributed by atoms with Gasteiger partial charge in [0.2, 0.25) is 0 Å². The molecular weight excluding hydrogens is 322 g/mol. The maximum absolute atomic E-state index is 12.4. The standard InChI is InChI=1S/C14H22BrN3O2/c1-10(5-6-19)7-16-13-12(15)8-17-18(14(13)20)9-11-3-2-4-11/h8,10-11,16,19H,2-7,9H2,1H3. The summed E-state index contributed by atoms with van der Waals surface area (Å²) in [7, 11) is 0. The molecule has 0 bridgehead atoms. The summed E-state index contributed by atoms with van der Waals surface area (Å²) in [6.07, 6.45) is 6.06. The molecule has 1 heterocycles. The van der Waals surface area contributed by atoms with Gasteiger partial charge in [-0.05, 0) is 47.0 Å². The van der Waals surface area contributed by atoms with E-state index in [2.05, 4.69) is 26.3 Å². The number of hydrogen-bond donors (Lipinski definition) is 2. The minimum atomic E-state index is -0.0672. The van der Waals surface area contributed by atoms with E-state index in [1.807, 2.05) is 6.92 Å². The summed E-state index contributed by atoms with van der Waals surface area (Å²) in [5, 5.41) is 16.3. The number of aliphatic hydroxyl groups excluding tert-OH is 1. The zero-order valence-corrected chi connectivity index (χ0v) is 13.4. The molecule has 20 heavy (non-hydrogen) atoms. The van der Waals surface area contributed by atoms with Gasteiger partial charge in [0, 0.05) is 19.7 Å². The average Bonchev–Trinajstić information content (AvgIpc) is 2.36. The van der Waals surface area contributed by atoms with Crippen molar-refractivity contribution in [3.05, 3.63) is 21.0 Å². The van der Waals surface area contributed by atoms with Crippen LogP contribution in [0, 0.1) is 11.8 Å². The molecule has 1 saturated carbocycles. The number of nitrogens with one attached hydrogen (secondary N) is 1. The number of aromatic nitrogens is 2. The minimum Gasteiger partial charge on any atom is -0.396 e.